The third-order valence-corrected chi connectivity index (χ3v) is 6.50. The molecule has 0 bridgehead atoms. The molecule has 1 aromatic heterocycles. The van der Waals surface area contributed by atoms with Gasteiger partial charge in [0, 0.05) is 61.1 Å². The molecule has 3 N–H and O–H groups in total. The summed E-state index contributed by atoms with van der Waals surface area (Å²) >= 11 is 6.27. The maximum atomic E-state index is 12.1. The van der Waals surface area contributed by atoms with Gasteiger partial charge in [0.25, 0.3) is 0 Å². The number of aliphatic carboxylic acids is 2. The summed E-state index contributed by atoms with van der Waals surface area (Å²) in [6.07, 6.45) is 4.39. The smallest absolute Gasteiger partial charge is 0.414 e. The van der Waals surface area contributed by atoms with Crippen molar-refractivity contribution in [2.45, 2.75) is 25.4 Å². The fourth-order valence-electron chi connectivity index (χ4n) is 4.17. The molecule has 11 heteroatoms. The molecule has 1 saturated heterocycles. The van der Waals surface area contributed by atoms with E-state index in [-0.39, 0.29) is 5.91 Å². The molecule has 38 heavy (non-hydrogen) atoms. The summed E-state index contributed by atoms with van der Waals surface area (Å²) < 4.78 is 1.95. The van der Waals surface area contributed by atoms with Crippen LogP contribution in [-0.2, 0) is 20.9 Å². The number of aromatic nitrogens is 2. The maximum absolute atomic E-state index is 12.1. The van der Waals surface area contributed by atoms with Crippen molar-refractivity contribution in [3.05, 3.63) is 71.4 Å². The van der Waals surface area contributed by atoms with Crippen LogP contribution in [0.15, 0.2) is 60.8 Å². The Kier molecular flexibility index (Phi) is 9.11. The molecular formula is C27H30ClN5O5. The molecule has 0 unspecified atom stereocenters. The topological polar surface area (TPSA) is 128 Å². The second-order valence-electron chi connectivity index (χ2n) is 9.30. The second-order valence-corrected chi connectivity index (χ2v) is 9.73. The van der Waals surface area contributed by atoms with Gasteiger partial charge in [-0.15, -0.1) is 0 Å². The SMILES string of the molecule is O=C(CN1CCN(Cc2cn(-c3ccccc3)nc2-c2cccc(Cl)c2)CC1)NC1CC1.O=C(O)C(=O)O. The summed E-state index contributed by atoms with van der Waals surface area (Å²) in [6.45, 7) is 4.99. The molecule has 2 fully saturated rings. The minimum Gasteiger partial charge on any atom is -0.473 e. The molecule has 200 valence electrons. The van der Waals surface area contributed by atoms with Crippen LogP contribution in [0.2, 0.25) is 5.02 Å². The molecule has 2 aromatic carbocycles. The highest BCUT2D eigenvalue weighted by Gasteiger charge is 2.26. The van der Waals surface area contributed by atoms with E-state index in [0.717, 1.165) is 62.5 Å². The van der Waals surface area contributed by atoms with E-state index in [2.05, 4.69) is 39.5 Å². The second kappa shape index (κ2) is 12.7. The number of carbonyl (C=O) groups is 3. The highest BCUT2D eigenvalue weighted by Crippen LogP contribution is 2.27. The average Bonchev–Trinajstić information content (AvgIpc) is 3.61. The predicted octanol–water partition coefficient (Wildman–Crippen LogP) is 2.74. The fourth-order valence-corrected chi connectivity index (χ4v) is 4.36. The molecule has 1 amide bonds. The molecule has 10 nitrogen and oxygen atoms in total. The lowest BCUT2D eigenvalue weighted by atomic mass is 10.1. The zero-order chi connectivity index (χ0) is 27.1. The lowest BCUT2D eigenvalue weighted by Crippen LogP contribution is -2.49. The molecule has 0 atom stereocenters. The van der Waals surface area contributed by atoms with E-state index < -0.39 is 11.9 Å². The van der Waals surface area contributed by atoms with E-state index in [1.807, 2.05) is 41.1 Å². The number of benzene rings is 2. The van der Waals surface area contributed by atoms with Gasteiger partial charge in [-0.1, -0.05) is 41.9 Å². The van der Waals surface area contributed by atoms with Crippen LogP contribution in [0, 0.1) is 0 Å². The summed E-state index contributed by atoms with van der Waals surface area (Å²) in [7, 11) is 0. The lowest BCUT2D eigenvalue weighted by Gasteiger charge is -2.34. The van der Waals surface area contributed by atoms with Crippen molar-refractivity contribution in [1.29, 1.82) is 0 Å². The van der Waals surface area contributed by atoms with Crippen molar-refractivity contribution in [3.8, 4) is 16.9 Å². The maximum Gasteiger partial charge on any atom is 0.414 e. The normalized spacial score (nSPS) is 15.8. The van der Waals surface area contributed by atoms with Crippen molar-refractivity contribution < 1.29 is 24.6 Å². The van der Waals surface area contributed by atoms with Gasteiger partial charge >= 0.3 is 11.9 Å². The van der Waals surface area contributed by atoms with E-state index in [1.54, 1.807) is 0 Å². The molecular weight excluding hydrogens is 510 g/mol. The monoisotopic (exact) mass is 539 g/mol. The minimum absolute atomic E-state index is 0.160. The van der Waals surface area contributed by atoms with E-state index >= 15 is 0 Å². The molecule has 5 rings (SSSR count). The first kappa shape index (κ1) is 27.3. The average molecular weight is 540 g/mol. The number of carbonyl (C=O) groups excluding carboxylic acids is 1. The van der Waals surface area contributed by atoms with Gasteiger partial charge in [-0.05, 0) is 37.1 Å². The van der Waals surface area contributed by atoms with Crippen LogP contribution in [-0.4, -0.2) is 86.4 Å². The van der Waals surface area contributed by atoms with E-state index in [1.165, 1.54) is 5.56 Å². The Hall–Kier alpha value is -3.73. The van der Waals surface area contributed by atoms with Gasteiger partial charge in [0.2, 0.25) is 5.91 Å². The largest absolute Gasteiger partial charge is 0.473 e. The van der Waals surface area contributed by atoms with Gasteiger partial charge in [0.05, 0.1) is 17.9 Å². The van der Waals surface area contributed by atoms with Crippen molar-refractivity contribution in [3.63, 3.8) is 0 Å². The summed E-state index contributed by atoms with van der Waals surface area (Å²) in [5.41, 5.74) is 4.20. The molecule has 3 aromatic rings. The van der Waals surface area contributed by atoms with Gasteiger partial charge < -0.3 is 15.5 Å². The Balaban J connectivity index is 0.000000505. The van der Waals surface area contributed by atoms with Crippen LogP contribution in [0.1, 0.15) is 18.4 Å². The number of carboxylic acid groups (broad SMARTS) is 2. The van der Waals surface area contributed by atoms with Crippen LogP contribution in [0.5, 0.6) is 0 Å². The number of rotatable bonds is 7. The summed E-state index contributed by atoms with van der Waals surface area (Å²) in [6, 6.07) is 18.5. The summed E-state index contributed by atoms with van der Waals surface area (Å²) in [4.78, 5) is 35.0. The molecule has 2 heterocycles. The third kappa shape index (κ3) is 7.88. The number of para-hydroxylation sites is 1. The van der Waals surface area contributed by atoms with Crippen LogP contribution < -0.4 is 5.32 Å². The first-order valence-corrected chi connectivity index (χ1v) is 12.8. The zero-order valence-corrected chi connectivity index (χ0v) is 21.5. The van der Waals surface area contributed by atoms with Crippen LogP contribution in [0.4, 0.5) is 0 Å². The highest BCUT2D eigenvalue weighted by atomic mass is 35.5. The van der Waals surface area contributed by atoms with Gasteiger partial charge in [-0.3, -0.25) is 14.6 Å². The number of amides is 1. The fraction of sp³-hybridized carbons (Fsp3) is 0.333. The molecule has 1 saturated carbocycles. The number of nitrogens with one attached hydrogen (secondary N) is 1. The highest BCUT2D eigenvalue weighted by molar-refractivity contribution is 6.30. The van der Waals surface area contributed by atoms with E-state index in [9.17, 15) is 4.79 Å². The van der Waals surface area contributed by atoms with Crippen LogP contribution >= 0.6 is 11.6 Å². The standard InChI is InChI=1S/C25H28ClN5O.C2H2O4/c26-21-6-4-5-19(15-21)25-20(17-31(28-25)23-7-2-1-3-8-23)16-29-11-13-30(14-12-29)18-24(32)27-22-9-10-22;3-1(4)2(5)6/h1-8,15,17,22H,9-14,16,18H2,(H,27,32);(H,3,4)(H,5,6). The molecule has 0 radical (unpaired) electrons. The Morgan fingerprint density at radius 2 is 1.58 bits per heavy atom. The van der Waals surface area contributed by atoms with Crippen molar-refractivity contribution >= 4 is 29.4 Å². The first-order valence-electron chi connectivity index (χ1n) is 12.4. The van der Waals surface area contributed by atoms with Crippen molar-refractivity contribution in [1.82, 2.24) is 24.9 Å². The van der Waals surface area contributed by atoms with Crippen molar-refractivity contribution in [2.24, 2.45) is 0 Å². The van der Waals surface area contributed by atoms with Gasteiger partial charge in [-0.25, -0.2) is 14.3 Å². The quantitative estimate of drug-likeness (QED) is 0.391. The lowest BCUT2D eigenvalue weighted by molar-refractivity contribution is -0.159. The number of hydrogen-bond acceptors (Lipinski definition) is 6. The van der Waals surface area contributed by atoms with Crippen LogP contribution in [0.25, 0.3) is 16.9 Å². The molecule has 1 aliphatic heterocycles. The van der Waals surface area contributed by atoms with Gasteiger partial charge in [0.15, 0.2) is 0 Å². The number of hydrogen-bond donors (Lipinski definition) is 3. The zero-order valence-electron chi connectivity index (χ0n) is 20.8. The van der Waals surface area contributed by atoms with Crippen LogP contribution in [0.3, 0.4) is 0 Å². The molecule has 2 aliphatic rings. The van der Waals surface area contributed by atoms with E-state index in [4.69, 9.17) is 36.5 Å². The first-order chi connectivity index (χ1) is 18.3. The van der Waals surface area contributed by atoms with Gasteiger partial charge in [0.1, 0.15) is 0 Å². The van der Waals surface area contributed by atoms with E-state index in [0.29, 0.717) is 17.6 Å². The Labute approximate surface area is 225 Å². The summed E-state index contributed by atoms with van der Waals surface area (Å²) in [5, 5.41) is 23.5. The van der Waals surface area contributed by atoms with Gasteiger partial charge in [-0.2, -0.15) is 5.10 Å². The Morgan fingerprint density at radius 1 is 0.921 bits per heavy atom. The number of carboxylic acids is 2. The Morgan fingerprint density at radius 3 is 2.18 bits per heavy atom. The number of piperazine rings is 1. The third-order valence-electron chi connectivity index (χ3n) is 6.26. The molecule has 0 spiro atoms. The van der Waals surface area contributed by atoms with Crippen molar-refractivity contribution in [2.75, 3.05) is 32.7 Å². The predicted molar refractivity (Wildman–Crippen MR) is 142 cm³/mol. The minimum atomic E-state index is -1.82. The number of nitrogens with zero attached hydrogens (tertiary/aromatic N) is 4. The summed E-state index contributed by atoms with van der Waals surface area (Å²) in [5.74, 6) is -3.49. The number of halogens is 1. The Bertz CT molecular complexity index is 1260. The molecule has 1 aliphatic carbocycles.